The molecule has 1 unspecified atom stereocenters. The maximum Gasteiger partial charge on any atom is 0.277 e. The molecule has 2 aromatic heterocycles. The Kier molecular flexibility index (Phi) is 7.74. The van der Waals surface area contributed by atoms with Crippen LogP contribution in [0.4, 0.5) is 4.39 Å². The number of aromatic hydroxyl groups is 1. The number of aromatic nitrogens is 3. The zero-order chi connectivity index (χ0) is 29.3. The Labute approximate surface area is 237 Å². The summed E-state index contributed by atoms with van der Waals surface area (Å²) in [4.78, 5) is 21.3. The SMILES string of the molecule is CCCCc1nc(O)c(S(=O)(=O)c2ccc(-c3ccc(F)nc3C)cc2)c(=O)n1C(c1cccc(C#N)c1)C1CC1. The summed E-state index contributed by atoms with van der Waals surface area (Å²) in [7, 11) is -4.48. The van der Waals surface area contributed by atoms with Crippen molar-refractivity contribution < 1.29 is 17.9 Å². The van der Waals surface area contributed by atoms with Crippen molar-refractivity contribution >= 4 is 9.84 Å². The smallest absolute Gasteiger partial charge is 0.277 e. The van der Waals surface area contributed by atoms with Gasteiger partial charge in [0.1, 0.15) is 5.82 Å². The minimum Gasteiger partial charge on any atom is -0.492 e. The second-order valence-corrected chi connectivity index (χ2v) is 12.2. The Morgan fingerprint density at radius 3 is 2.49 bits per heavy atom. The highest BCUT2D eigenvalue weighted by atomic mass is 32.2. The Hall–Kier alpha value is -4.36. The third-order valence-electron chi connectivity index (χ3n) is 7.38. The summed E-state index contributed by atoms with van der Waals surface area (Å²) in [5.74, 6) is -1.07. The lowest BCUT2D eigenvalue weighted by Gasteiger charge is -2.24. The summed E-state index contributed by atoms with van der Waals surface area (Å²) >= 11 is 0. The number of unbranched alkanes of at least 4 members (excludes halogenated alkanes) is 1. The molecule has 0 spiro atoms. The Balaban J connectivity index is 1.65. The summed E-state index contributed by atoms with van der Waals surface area (Å²) < 4.78 is 42.6. The van der Waals surface area contributed by atoms with Crippen molar-refractivity contribution in [2.24, 2.45) is 5.92 Å². The van der Waals surface area contributed by atoms with Crippen LogP contribution in [0, 0.1) is 30.1 Å². The molecule has 210 valence electrons. The van der Waals surface area contributed by atoms with Crippen molar-refractivity contribution in [1.82, 2.24) is 14.5 Å². The monoisotopic (exact) mass is 572 g/mol. The van der Waals surface area contributed by atoms with Crippen LogP contribution in [0.3, 0.4) is 0 Å². The molecule has 1 saturated carbocycles. The van der Waals surface area contributed by atoms with Crippen LogP contribution in [0.5, 0.6) is 5.88 Å². The molecule has 8 nitrogen and oxygen atoms in total. The molecular formula is C31H29FN4O4S. The van der Waals surface area contributed by atoms with Crippen LogP contribution in [0.25, 0.3) is 11.1 Å². The first kappa shape index (κ1) is 28.2. The molecule has 10 heteroatoms. The first-order chi connectivity index (χ1) is 19.6. The molecule has 1 atom stereocenters. The molecule has 0 saturated heterocycles. The molecule has 4 aromatic rings. The van der Waals surface area contributed by atoms with Crippen LogP contribution < -0.4 is 5.56 Å². The van der Waals surface area contributed by atoms with Crippen LogP contribution in [-0.4, -0.2) is 28.1 Å². The largest absolute Gasteiger partial charge is 0.492 e. The van der Waals surface area contributed by atoms with Crippen molar-refractivity contribution in [3.8, 4) is 23.1 Å². The molecule has 0 amide bonds. The normalized spacial score (nSPS) is 14.0. The van der Waals surface area contributed by atoms with Gasteiger partial charge in [0.25, 0.3) is 5.56 Å². The van der Waals surface area contributed by atoms with Gasteiger partial charge in [0.2, 0.25) is 21.7 Å². The number of sulfone groups is 1. The molecule has 1 aliphatic rings. The lowest BCUT2D eigenvalue weighted by Crippen LogP contribution is -2.34. The van der Waals surface area contributed by atoms with Gasteiger partial charge in [-0.05, 0) is 79.6 Å². The molecule has 1 fully saturated rings. The average Bonchev–Trinajstić information content (AvgIpc) is 3.79. The number of aryl methyl sites for hydroxylation is 2. The molecule has 5 rings (SSSR count). The number of pyridine rings is 1. The quantitative estimate of drug-likeness (QED) is 0.262. The van der Waals surface area contributed by atoms with Crippen LogP contribution in [0.15, 0.2) is 75.2 Å². The lowest BCUT2D eigenvalue weighted by molar-refractivity contribution is 0.399. The van der Waals surface area contributed by atoms with E-state index in [4.69, 9.17) is 0 Å². The minimum absolute atomic E-state index is 0.0655. The number of hydrogen-bond acceptors (Lipinski definition) is 7. The fourth-order valence-electron chi connectivity index (χ4n) is 5.19. The van der Waals surface area contributed by atoms with Crippen LogP contribution in [0.1, 0.15) is 61.3 Å². The fourth-order valence-corrected chi connectivity index (χ4v) is 6.53. The van der Waals surface area contributed by atoms with Crippen LogP contribution in [-0.2, 0) is 16.3 Å². The maximum atomic E-state index is 14.1. The zero-order valence-electron chi connectivity index (χ0n) is 22.7. The van der Waals surface area contributed by atoms with Crippen LogP contribution >= 0.6 is 0 Å². The van der Waals surface area contributed by atoms with E-state index in [0.717, 1.165) is 24.8 Å². The Bertz CT molecular complexity index is 1820. The highest BCUT2D eigenvalue weighted by molar-refractivity contribution is 7.91. The molecule has 0 bridgehead atoms. The summed E-state index contributed by atoms with van der Waals surface area (Å²) in [6.07, 6.45) is 3.55. The van der Waals surface area contributed by atoms with Gasteiger partial charge in [0, 0.05) is 17.7 Å². The van der Waals surface area contributed by atoms with Crippen molar-refractivity contribution in [2.45, 2.75) is 61.8 Å². The molecule has 0 radical (unpaired) electrons. The summed E-state index contributed by atoms with van der Waals surface area (Å²) in [6, 6.07) is 17.1. The lowest BCUT2D eigenvalue weighted by atomic mass is 9.99. The highest BCUT2D eigenvalue weighted by Gasteiger charge is 2.38. The third-order valence-corrected chi connectivity index (χ3v) is 9.17. The summed E-state index contributed by atoms with van der Waals surface area (Å²) in [5, 5.41) is 20.3. The van der Waals surface area contributed by atoms with Crippen molar-refractivity contribution in [2.75, 3.05) is 0 Å². The predicted molar refractivity (Wildman–Crippen MR) is 151 cm³/mol. The van der Waals surface area contributed by atoms with E-state index in [1.807, 2.05) is 13.0 Å². The van der Waals surface area contributed by atoms with E-state index in [1.54, 1.807) is 43.3 Å². The zero-order valence-corrected chi connectivity index (χ0v) is 23.5. The van der Waals surface area contributed by atoms with Crippen LogP contribution in [0.2, 0.25) is 0 Å². The van der Waals surface area contributed by atoms with E-state index in [2.05, 4.69) is 16.0 Å². The van der Waals surface area contributed by atoms with Gasteiger partial charge < -0.3 is 5.11 Å². The van der Waals surface area contributed by atoms with Crippen molar-refractivity contribution in [1.29, 1.82) is 5.26 Å². The highest BCUT2D eigenvalue weighted by Crippen LogP contribution is 2.44. The third kappa shape index (κ3) is 5.50. The minimum atomic E-state index is -4.48. The average molecular weight is 573 g/mol. The van der Waals surface area contributed by atoms with Gasteiger partial charge in [-0.3, -0.25) is 9.36 Å². The van der Waals surface area contributed by atoms with Gasteiger partial charge in [-0.1, -0.05) is 37.6 Å². The fraction of sp³-hybridized carbons (Fsp3) is 0.290. The maximum absolute atomic E-state index is 14.1. The van der Waals surface area contributed by atoms with Gasteiger partial charge in [-0.2, -0.15) is 14.6 Å². The summed E-state index contributed by atoms with van der Waals surface area (Å²) in [5.41, 5.74) is 2.01. The predicted octanol–water partition coefficient (Wildman–Crippen LogP) is 5.50. The number of rotatable bonds is 9. The molecule has 41 heavy (non-hydrogen) atoms. The number of halogens is 1. The number of hydrogen-bond donors (Lipinski definition) is 1. The second kappa shape index (κ2) is 11.3. The molecule has 1 aliphatic carbocycles. The first-order valence-electron chi connectivity index (χ1n) is 13.5. The molecular weight excluding hydrogens is 543 g/mol. The van der Waals surface area contributed by atoms with E-state index in [9.17, 15) is 28.0 Å². The van der Waals surface area contributed by atoms with Gasteiger partial charge in [-0.25, -0.2) is 13.4 Å². The number of nitriles is 1. The van der Waals surface area contributed by atoms with Crippen molar-refractivity contribution in [3.63, 3.8) is 0 Å². The topological polar surface area (TPSA) is 126 Å². The number of nitrogens with zero attached hydrogens (tertiary/aromatic N) is 4. The van der Waals surface area contributed by atoms with Gasteiger partial charge in [0.15, 0.2) is 4.90 Å². The van der Waals surface area contributed by atoms with Gasteiger partial charge >= 0.3 is 0 Å². The Morgan fingerprint density at radius 2 is 1.85 bits per heavy atom. The number of benzene rings is 2. The standard InChI is InChI=1S/C31H29FN4O4S/c1-3-4-8-27-35-30(37)29(31(38)36(27)28(22-9-10-22)23-7-5-6-20(17-23)18-33)41(39,40)24-13-11-21(12-14-24)25-15-16-26(32)34-19(25)2/h5-7,11-17,22,28,37H,3-4,8-10H2,1-2H3. The van der Waals surface area contributed by atoms with E-state index in [1.165, 1.54) is 22.8 Å². The van der Waals surface area contributed by atoms with E-state index >= 15 is 0 Å². The van der Waals surface area contributed by atoms with E-state index in [-0.39, 0.29) is 10.8 Å². The van der Waals surface area contributed by atoms with E-state index < -0.39 is 38.2 Å². The molecule has 1 N–H and O–H groups in total. The van der Waals surface area contributed by atoms with Gasteiger partial charge in [-0.15, -0.1) is 0 Å². The first-order valence-corrected chi connectivity index (χ1v) is 15.0. The van der Waals surface area contributed by atoms with Gasteiger partial charge in [0.05, 0.1) is 22.6 Å². The molecule has 2 heterocycles. The van der Waals surface area contributed by atoms with Crippen molar-refractivity contribution in [3.05, 3.63) is 99.6 Å². The second-order valence-electron chi connectivity index (χ2n) is 10.3. The Morgan fingerprint density at radius 1 is 1.12 bits per heavy atom. The van der Waals surface area contributed by atoms with E-state index in [0.29, 0.717) is 41.1 Å². The molecule has 0 aliphatic heterocycles. The molecule has 2 aromatic carbocycles. The summed E-state index contributed by atoms with van der Waals surface area (Å²) in [6.45, 7) is 3.64.